The Kier molecular flexibility index (Phi) is 9.03. The lowest BCUT2D eigenvalue weighted by Gasteiger charge is -2.12. The highest BCUT2D eigenvalue weighted by atomic mass is 35.5. The molecule has 8 nitrogen and oxygen atoms in total. The van der Waals surface area contributed by atoms with Crippen LogP contribution in [-0.2, 0) is 13.0 Å². The van der Waals surface area contributed by atoms with Gasteiger partial charge in [0.25, 0.3) is 5.91 Å². The lowest BCUT2D eigenvalue weighted by atomic mass is 10.2. The first-order valence-corrected chi connectivity index (χ1v) is 9.92. The molecule has 0 aliphatic heterocycles. The molecule has 1 aromatic heterocycles. The van der Waals surface area contributed by atoms with Crippen molar-refractivity contribution >= 4 is 35.1 Å². The highest BCUT2D eigenvalue weighted by Crippen LogP contribution is 2.22. The van der Waals surface area contributed by atoms with Crippen molar-refractivity contribution in [2.75, 3.05) is 26.2 Å². The summed E-state index contributed by atoms with van der Waals surface area (Å²) < 4.78 is 2.01. The van der Waals surface area contributed by atoms with Gasteiger partial charge >= 0.3 is 0 Å². The van der Waals surface area contributed by atoms with Gasteiger partial charge in [0.05, 0.1) is 16.6 Å². The summed E-state index contributed by atoms with van der Waals surface area (Å²) in [5.41, 5.74) is 0.462. The Balaban J connectivity index is 1.78. The molecule has 1 heterocycles. The van der Waals surface area contributed by atoms with E-state index < -0.39 is 0 Å². The van der Waals surface area contributed by atoms with Crippen molar-refractivity contribution in [2.45, 2.75) is 26.8 Å². The maximum absolute atomic E-state index is 12.1. The van der Waals surface area contributed by atoms with Crippen molar-refractivity contribution in [3.63, 3.8) is 0 Å². The largest absolute Gasteiger partial charge is 0.357 e. The number of aromatic nitrogens is 3. The van der Waals surface area contributed by atoms with Crippen LogP contribution in [0.4, 0.5) is 0 Å². The molecule has 28 heavy (non-hydrogen) atoms. The number of rotatable bonds is 9. The molecule has 152 valence electrons. The van der Waals surface area contributed by atoms with Crippen molar-refractivity contribution in [1.82, 2.24) is 30.7 Å². The third-order valence-corrected chi connectivity index (χ3v) is 4.59. The zero-order valence-electron chi connectivity index (χ0n) is 16.0. The maximum Gasteiger partial charge on any atom is 0.251 e. The highest BCUT2D eigenvalue weighted by molar-refractivity contribution is 6.42. The summed E-state index contributed by atoms with van der Waals surface area (Å²) in [6.45, 7) is 7.07. The molecule has 0 bridgehead atoms. The zero-order chi connectivity index (χ0) is 20.4. The van der Waals surface area contributed by atoms with Gasteiger partial charge in [-0.3, -0.25) is 9.79 Å². The minimum Gasteiger partial charge on any atom is -0.357 e. The Morgan fingerprint density at radius 1 is 1.14 bits per heavy atom. The van der Waals surface area contributed by atoms with Gasteiger partial charge in [-0.2, -0.15) is 0 Å². The SMILES string of the molecule is CCNC(=NCCNC(=O)c1ccc(Cl)c(Cl)c1)NCCn1cnnc1CC. The number of halogens is 2. The predicted octanol–water partition coefficient (Wildman–Crippen LogP) is 2.13. The molecule has 0 spiro atoms. The number of carbonyl (C=O) groups excluding carboxylic acids is 1. The van der Waals surface area contributed by atoms with Crippen molar-refractivity contribution in [1.29, 1.82) is 0 Å². The Labute approximate surface area is 174 Å². The fourth-order valence-corrected chi connectivity index (χ4v) is 2.75. The number of amides is 1. The van der Waals surface area contributed by atoms with E-state index in [0.29, 0.717) is 41.2 Å². The minimum absolute atomic E-state index is 0.216. The number of nitrogens with zero attached hydrogens (tertiary/aromatic N) is 4. The molecule has 0 unspecified atom stereocenters. The topological polar surface area (TPSA) is 96.2 Å². The molecule has 0 radical (unpaired) electrons. The van der Waals surface area contributed by atoms with E-state index in [4.69, 9.17) is 23.2 Å². The second kappa shape index (κ2) is 11.5. The van der Waals surface area contributed by atoms with Gasteiger partial charge in [-0.1, -0.05) is 30.1 Å². The van der Waals surface area contributed by atoms with E-state index in [-0.39, 0.29) is 5.91 Å². The summed E-state index contributed by atoms with van der Waals surface area (Å²) in [7, 11) is 0. The van der Waals surface area contributed by atoms with Gasteiger partial charge in [-0.05, 0) is 25.1 Å². The van der Waals surface area contributed by atoms with E-state index in [0.717, 1.165) is 25.3 Å². The third-order valence-electron chi connectivity index (χ3n) is 3.85. The molecular weight excluding hydrogens is 401 g/mol. The maximum atomic E-state index is 12.1. The average molecular weight is 426 g/mol. The number of hydrogen-bond acceptors (Lipinski definition) is 4. The Hall–Kier alpha value is -2.32. The Morgan fingerprint density at radius 3 is 2.68 bits per heavy atom. The lowest BCUT2D eigenvalue weighted by molar-refractivity contribution is 0.0955. The molecule has 0 atom stereocenters. The quantitative estimate of drug-likeness (QED) is 0.324. The van der Waals surface area contributed by atoms with Crippen LogP contribution in [0.25, 0.3) is 0 Å². The molecule has 1 aromatic carbocycles. The average Bonchev–Trinajstić information content (AvgIpc) is 3.14. The number of hydrogen-bond donors (Lipinski definition) is 3. The van der Waals surface area contributed by atoms with Gasteiger partial charge in [-0.15, -0.1) is 10.2 Å². The highest BCUT2D eigenvalue weighted by Gasteiger charge is 2.07. The van der Waals surface area contributed by atoms with Crippen molar-refractivity contribution in [2.24, 2.45) is 4.99 Å². The molecule has 0 aliphatic rings. The number of guanidine groups is 1. The number of nitrogens with one attached hydrogen (secondary N) is 3. The van der Waals surface area contributed by atoms with Crippen LogP contribution in [0.5, 0.6) is 0 Å². The molecule has 2 aromatic rings. The van der Waals surface area contributed by atoms with Gasteiger partial charge in [0, 0.05) is 38.2 Å². The molecule has 0 fully saturated rings. The molecular formula is C18H25Cl2N7O. The summed E-state index contributed by atoms with van der Waals surface area (Å²) in [6.07, 6.45) is 2.57. The van der Waals surface area contributed by atoms with Crippen LogP contribution in [0.15, 0.2) is 29.5 Å². The van der Waals surface area contributed by atoms with E-state index in [1.54, 1.807) is 24.5 Å². The fraction of sp³-hybridized carbons (Fsp3) is 0.444. The van der Waals surface area contributed by atoms with Gasteiger partial charge in [0.2, 0.25) is 0 Å². The molecule has 1 amide bonds. The molecule has 0 saturated carbocycles. The van der Waals surface area contributed by atoms with E-state index >= 15 is 0 Å². The summed E-state index contributed by atoms with van der Waals surface area (Å²) in [5, 5.41) is 18.0. The van der Waals surface area contributed by atoms with Gasteiger partial charge in [-0.25, -0.2) is 0 Å². The fourth-order valence-electron chi connectivity index (χ4n) is 2.45. The Bertz CT molecular complexity index is 807. The van der Waals surface area contributed by atoms with Gasteiger partial charge < -0.3 is 20.5 Å². The second-order valence-corrected chi connectivity index (χ2v) is 6.68. The minimum atomic E-state index is -0.216. The first kappa shape index (κ1) is 22.0. The van der Waals surface area contributed by atoms with Crippen LogP contribution in [0.3, 0.4) is 0 Å². The molecule has 0 saturated heterocycles. The summed E-state index contributed by atoms with van der Waals surface area (Å²) >= 11 is 11.8. The molecule has 3 N–H and O–H groups in total. The van der Waals surface area contributed by atoms with Crippen LogP contribution >= 0.6 is 23.2 Å². The van der Waals surface area contributed by atoms with Crippen LogP contribution in [0, 0.1) is 0 Å². The Morgan fingerprint density at radius 2 is 1.96 bits per heavy atom. The monoisotopic (exact) mass is 425 g/mol. The van der Waals surface area contributed by atoms with Crippen LogP contribution in [0.2, 0.25) is 10.0 Å². The van der Waals surface area contributed by atoms with Gasteiger partial charge in [0.15, 0.2) is 5.96 Å². The third kappa shape index (κ3) is 6.69. The van der Waals surface area contributed by atoms with Crippen LogP contribution in [-0.4, -0.2) is 52.8 Å². The molecule has 10 heteroatoms. The van der Waals surface area contributed by atoms with Crippen LogP contribution < -0.4 is 16.0 Å². The number of carbonyl (C=O) groups is 1. The smallest absolute Gasteiger partial charge is 0.251 e. The van der Waals surface area contributed by atoms with E-state index in [1.165, 1.54) is 0 Å². The molecule has 2 rings (SSSR count). The van der Waals surface area contributed by atoms with E-state index in [9.17, 15) is 4.79 Å². The summed E-state index contributed by atoms with van der Waals surface area (Å²) in [6, 6.07) is 4.78. The van der Waals surface area contributed by atoms with E-state index in [2.05, 4.69) is 31.1 Å². The number of benzene rings is 1. The van der Waals surface area contributed by atoms with Crippen molar-refractivity contribution in [3.05, 3.63) is 46.0 Å². The van der Waals surface area contributed by atoms with Crippen LogP contribution in [0.1, 0.15) is 30.0 Å². The van der Waals surface area contributed by atoms with E-state index in [1.807, 2.05) is 18.4 Å². The number of aliphatic imine (C=N–C) groups is 1. The number of aryl methyl sites for hydroxylation is 1. The lowest BCUT2D eigenvalue weighted by Crippen LogP contribution is -2.39. The second-order valence-electron chi connectivity index (χ2n) is 5.87. The summed E-state index contributed by atoms with van der Waals surface area (Å²) in [4.78, 5) is 16.6. The normalized spacial score (nSPS) is 11.4. The first-order chi connectivity index (χ1) is 13.5. The standard InChI is InChI=1S/C18H25Cl2N7O/c1-3-16-26-25-12-27(16)10-9-24-18(21-4-2)23-8-7-22-17(28)13-5-6-14(19)15(20)11-13/h5-6,11-12H,3-4,7-10H2,1-2H3,(H,22,28)(H2,21,23,24). The summed E-state index contributed by atoms with van der Waals surface area (Å²) in [5.74, 6) is 1.43. The molecule has 0 aliphatic carbocycles. The first-order valence-electron chi connectivity index (χ1n) is 9.17. The predicted molar refractivity (Wildman–Crippen MR) is 112 cm³/mol. The van der Waals surface area contributed by atoms with Gasteiger partial charge in [0.1, 0.15) is 12.2 Å². The zero-order valence-corrected chi connectivity index (χ0v) is 17.5. The van der Waals surface area contributed by atoms with Crippen molar-refractivity contribution < 1.29 is 4.79 Å². The van der Waals surface area contributed by atoms with Crippen molar-refractivity contribution in [3.8, 4) is 0 Å².